The Bertz CT molecular complexity index is 191. The predicted octanol–water partition coefficient (Wildman–Crippen LogP) is 3.48. The lowest BCUT2D eigenvalue weighted by molar-refractivity contribution is -0.198. The van der Waals surface area contributed by atoms with Crippen molar-refractivity contribution < 1.29 is 13.2 Å². The summed E-state index contributed by atoms with van der Waals surface area (Å²) in [6, 6.07) is -0.276. The van der Waals surface area contributed by atoms with Gasteiger partial charge in [0.2, 0.25) is 0 Å². The summed E-state index contributed by atoms with van der Waals surface area (Å²) in [5.41, 5.74) is 5.85. The van der Waals surface area contributed by atoms with Crippen molar-refractivity contribution in [2.75, 3.05) is 0 Å². The summed E-state index contributed by atoms with van der Waals surface area (Å²) >= 11 is 0. The normalized spacial score (nSPS) is 30.2. The van der Waals surface area contributed by atoms with E-state index in [1.807, 2.05) is 6.92 Å². The van der Waals surface area contributed by atoms with E-state index in [-0.39, 0.29) is 18.4 Å². The lowest BCUT2D eigenvalue weighted by atomic mass is 9.74. The van der Waals surface area contributed by atoms with E-state index < -0.39 is 12.1 Å². The largest absolute Gasteiger partial charge is 0.392 e. The zero-order chi connectivity index (χ0) is 11.5. The molecule has 0 aromatic carbocycles. The third-order valence-corrected chi connectivity index (χ3v) is 3.41. The molecule has 0 saturated heterocycles. The standard InChI is InChI=1S/C11H20F3N/c1-2-5-10(15)8-6-3-4-7-9(8)11(12,13)14/h8-10H,2-7,15H2,1H3. The molecule has 2 N–H and O–H groups in total. The quantitative estimate of drug-likeness (QED) is 0.778. The van der Waals surface area contributed by atoms with Crippen molar-refractivity contribution in [2.24, 2.45) is 17.6 Å². The predicted molar refractivity (Wildman–Crippen MR) is 54.4 cm³/mol. The van der Waals surface area contributed by atoms with Crippen LogP contribution < -0.4 is 5.73 Å². The van der Waals surface area contributed by atoms with Gasteiger partial charge in [-0.05, 0) is 25.2 Å². The molecule has 3 unspecified atom stereocenters. The van der Waals surface area contributed by atoms with E-state index >= 15 is 0 Å². The Morgan fingerprint density at radius 2 is 1.87 bits per heavy atom. The van der Waals surface area contributed by atoms with Crippen molar-refractivity contribution >= 4 is 0 Å². The molecule has 1 aliphatic carbocycles. The van der Waals surface area contributed by atoms with Gasteiger partial charge in [0.1, 0.15) is 0 Å². The third kappa shape index (κ3) is 3.37. The lowest BCUT2D eigenvalue weighted by Gasteiger charge is -2.36. The van der Waals surface area contributed by atoms with Gasteiger partial charge in [-0.15, -0.1) is 0 Å². The first-order valence-electron chi connectivity index (χ1n) is 5.79. The van der Waals surface area contributed by atoms with Gasteiger partial charge in [-0.25, -0.2) is 0 Å². The summed E-state index contributed by atoms with van der Waals surface area (Å²) < 4.78 is 38.2. The molecule has 1 rings (SSSR count). The van der Waals surface area contributed by atoms with E-state index in [4.69, 9.17) is 5.73 Å². The monoisotopic (exact) mass is 223 g/mol. The fourth-order valence-corrected chi connectivity index (χ4v) is 2.63. The van der Waals surface area contributed by atoms with Gasteiger partial charge in [0.05, 0.1) is 5.92 Å². The highest BCUT2D eigenvalue weighted by molar-refractivity contribution is 4.86. The fourth-order valence-electron chi connectivity index (χ4n) is 2.63. The second kappa shape index (κ2) is 5.19. The van der Waals surface area contributed by atoms with Gasteiger partial charge in [-0.1, -0.05) is 26.2 Å². The minimum Gasteiger partial charge on any atom is -0.327 e. The average Bonchev–Trinajstić information content (AvgIpc) is 2.17. The summed E-state index contributed by atoms with van der Waals surface area (Å²) in [6.45, 7) is 1.96. The van der Waals surface area contributed by atoms with E-state index in [1.54, 1.807) is 0 Å². The van der Waals surface area contributed by atoms with Gasteiger partial charge < -0.3 is 5.73 Å². The molecule has 0 aromatic heterocycles. The molecule has 0 spiro atoms. The number of alkyl halides is 3. The zero-order valence-corrected chi connectivity index (χ0v) is 9.19. The molecular formula is C11H20F3N. The van der Waals surface area contributed by atoms with Crippen molar-refractivity contribution in [3.8, 4) is 0 Å². The first kappa shape index (κ1) is 12.8. The Labute approximate surface area is 89.2 Å². The third-order valence-electron chi connectivity index (χ3n) is 3.41. The molecule has 0 aliphatic heterocycles. The Morgan fingerprint density at radius 3 is 2.40 bits per heavy atom. The summed E-state index contributed by atoms with van der Waals surface area (Å²) in [4.78, 5) is 0. The number of nitrogens with two attached hydrogens (primary N) is 1. The highest BCUT2D eigenvalue weighted by Gasteiger charge is 2.46. The molecule has 1 saturated carbocycles. The second-order valence-corrected chi connectivity index (χ2v) is 4.55. The maximum atomic E-state index is 12.7. The van der Waals surface area contributed by atoms with Crippen LogP contribution in [0, 0.1) is 11.8 Å². The molecule has 4 heteroatoms. The highest BCUT2D eigenvalue weighted by Crippen LogP contribution is 2.43. The van der Waals surface area contributed by atoms with Gasteiger partial charge in [0.25, 0.3) is 0 Å². The minimum atomic E-state index is -4.06. The zero-order valence-electron chi connectivity index (χ0n) is 9.19. The van der Waals surface area contributed by atoms with Crippen LogP contribution in [0.25, 0.3) is 0 Å². The van der Waals surface area contributed by atoms with Gasteiger partial charge in [-0.3, -0.25) is 0 Å². The molecule has 1 nitrogen and oxygen atoms in total. The Morgan fingerprint density at radius 1 is 1.27 bits per heavy atom. The Balaban J connectivity index is 2.65. The molecule has 0 heterocycles. The van der Waals surface area contributed by atoms with Crippen LogP contribution in [0.3, 0.4) is 0 Å². The van der Waals surface area contributed by atoms with Crippen LogP contribution in [0.1, 0.15) is 45.4 Å². The van der Waals surface area contributed by atoms with Crippen LogP contribution in [0.5, 0.6) is 0 Å². The molecule has 0 bridgehead atoms. The van der Waals surface area contributed by atoms with Crippen LogP contribution >= 0.6 is 0 Å². The van der Waals surface area contributed by atoms with Crippen LogP contribution in [0.2, 0.25) is 0 Å². The molecule has 3 atom stereocenters. The number of hydrogen-bond acceptors (Lipinski definition) is 1. The molecule has 0 amide bonds. The van der Waals surface area contributed by atoms with Crippen LogP contribution in [-0.4, -0.2) is 12.2 Å². The summed E-state index contributed by atoms with van der Waals surface area (Å²) in [5.74, 6) is -1.51. The van der Waals surface area contributed by atoms with Crippen LogP contribution in [-0.2, 0) is 0 Å². The van der Waals surface area contributed by atoms with E-state index in [9.17, 15) is 13.2 Å². The topological polar surface area (TPSA) is 26.0 Å². The number of rotatable bonds is 3. The molecule has 0 aromatic rings. The van der Waals surface area contributed by atoms with E-state index in [2.05, 4.69) is 0 Å². The molecule has 1 fully saturated rings. The first-order valence-corrected chi connectivity index (χ1v) is 5.79. The van der Waals surface area contributed by atoms with E-state index in [0.717, 1.165) is 12.8 Å². The minimum absolute atomic E-state index is 0.269. The molecule has 90 valence electrons. The highest BCUT2D eigenvalue weighted by atomic mass is 19.4. The Kier molecular flexibility index (Phi) is 4.44. The maximum Gasteiger partial charge on any atom is 0.392 e. The van der Waals surface area contributed by atoms with Gasteiger partial charge >= 0.3 is 6.18 Å². The first-order chi connectivity index (χ1) is 6.96. The lowest BCUT2D eigenvalue weighted by Crippen LogP contribution is -2.43. The maximum absolute atomic E-state index is 12.7. The molecule has 1 aliphatic rings. The van der Waals surface area contributed by atoms with Gasteiger partial charge in [0, 0.05) is 6.04 Å². The van der Waals surface area contributed by atoms with Crippen molar-refractivity contribution in [3.63, 3.8) is 0 Å². The second-order valence-electron chi connectivity index (χ2n) is 4.55. The Hall–Kier alpha value is -0.250. The molecule has 0 radical (unpaired) electrons. The van der Waals surface area contributed by atoms with Crippen LogP contribution in [0.15, 0.2) is 0 Å². The van der Waals surface area contributed by atoms with Crippen LogP contribution in [0.4, 0.5) is 13.2 Å². The van der Waals surface area contributed by atoms with E-state index in [1.165, 1.54) is 0 Å². The summed E-state index contributed by atoms with van der Waals surface area (Å²) in [5, 5.41) is 0. The van der Waals surface area contributed by atoms with Crippen molar-refractivity contribution in [1.29, 1.82) is 0 Å². The van der Waals surface area contributed by atoms with Gasteiger partial charge in [0.15, 0.2) is 0 Å². The van der Waals surface area contributed by atoms with Crippen molar-refractivity contribution in [1.82, 2.24) is 0 Å². The number of hydrogen-bond donors (Lipinski definition) is 1. The van der Waals surface area contributed by atoms with E-state index in [0.29, 0.717) is 19.3 Å². The SMILES string of the molecule is CCCC(N)C1CCCCC1C(F)(F)F. The van der Waals surface area contributed by atoms with Gasteiger partial charge in [-0.2, -0.15) is 13.2 Å². The number of halogens is 3. The average molecular weight is 223 g/mol. The van der Waals surface area contributed by atoms with Crippen molar-refractivity contribution in [2.45, 2.75) is 57.7 Å². The summed E-state index contributed by atoms with van der Waals surface area (Å²) in [6.07, 6.45) is 0.0149. The molecule has 15 heavy (non-hydrogen) atoms. The summed E-state index contributed by atoms with van der Waals surface area (Å²) in [7, 11) is 0. The fraction of sp³-hybridized carbons (Fsp3) is 1.00. The molecular weight excluding hydrogens is 203 g/mol. The smallest absolute Gasteiger partial charge is 0.327 e. The van der Waals surface area contributed by atoms with Crippen molar-refractivity contribution in [3.05, 3.63) is 0 Å².